The number of nitrogens with one attached hydrogen (secondary N) is 1. The summed E-state index contributed by atoms with van der Waals surface area (Å²) in [7, 11) is 0. The van der Waals surface area contributed by atoms with E-state index in [-0.39, 0.29) is 0 Å². The highest BCUT2D eigenvalue weighted by Crippen LogP contribution is 2.10. The lowest BCUT2D eigenvalue weighted by Crippen LogP contribution is -2.37. The minimum Gasteiger partial charge on any atom is -0.458 e. The van der Waals surface area contributed by atoms with Crippen LogP contribution in [0.5, 0.6) is 0 Å². The van der Waals surface area contributed by atoms with E-state index in [4.69, 9.17) is 4.74 Å². The van der Waals surface area contributed by atoms with Gasteiger partial charge in [-0.2, -0.15) is 0 Å². The zero-order chi connectivity index (χ0) is 10.1. The number of nitrogens with zero attached hydrogens (tertiary/aromatic N) is 1. The molecule has 1 heterocycles. The van der Waals surface area contributed by atoms with E-state index in [9.17, 15) is 9.59 Å². The second-order valence-electron chi connectivity index (χ2n) is 3.72. The number of ether oxygens (including phenoxy) is 1. The largest absolute Gasteiger partial charge is 0.458 e. The standard InChI is InChI=1S/C8H12N2O3/c1-8(2,3)13-7(12)5-6(11)10-4-9-5/h4-5H,1-3H3,(H,9,10,11). The van der Waals surface area contributed by atoms with Crippen molar-refractivity contribution < 1.29 is 14.3 Å². The molecule has 1 atom stereocenters. The highest BCUT2D eigenvalue weighted by Gasteiger charge is 2.32. The lowest BCUT2D eigenvalue weighted by atomic mass is 10.2. The number of amides is 1. The number of hydrogen-bond donors (Lipinski definition) is 1. The second-order valence-corrected chi connectivity index (χ2v) is 3.72. The Morgan fingerprint density at radius 2 is 2.23 bits per heavy atom. The van der Waals surface area contributed by atoms with Crippen LogP contribution in [-0.4, -0.2) is 29.9 Å². The van der Waals surface area contributed by atoms with Gasteiger partial charge in [-0.05, 0) is 20.8 Å². The van der Waals surface area contributed by atoms with Gasteiger partial charge >= 0.3 is 5.97 Å². The Balaban J connectivity index is 2.58. The van der Waals surface area contributed by atoms with Crippen molar-refractivity contribution in [3.05, 3.63) is 0 Å². The Bertz CT molecular complexity index is 265. The van der Waals surface area contributed by atoms with Crippen LogP contribution >= 0.6 is 0 Å². The summed E-state index contributed by atoms with van der Waals surface area (Å²) >= 11 is 0. The van der Waals surface area contributed by atoms with Crippen LogP contribution < -0.4 is 5.32 Å². The Morgan fingerprint density at radius 1 is 1.62 bits per heavy atom. The molecule has 0 fully saturated rings. The average Bonchev–Trinajstić information content (AvgIpc) is 2.30. The van der Waals surface area contributed by atoms with Gasteiger partial charge in [0.1, 0.15) is 5.60 Å². The molecule has 0 saturated heterocycles. The van der Waals surface area contributed by atoms with E-state index in [1.54, 1.807) is 20.8 Å². The summed E-state index contributed by atoms with van der Waals surface area (Å²) < 4.78 is 4.98. The highest BCUT2D eigenvalue weighted by atomic mass is 16.6. The molecule has 0 aliphatic carbocycles. The van der Waals surface area contributed by atoms with Crippen LogP contribution in [0.3, 0.4) is 0 Å². The molecule has 1 N–H and O–H groups in total. The predicted molar refractivity (Wildman–Crippen MR) is 46.3 cm³/mol. The molecule has 1 rings (SSSR count). The van der Waals surface area contributed by atoms with Crippen molar-refractivity contribution >= 4 is 18.2 Å². The van der Waals surface area contributed by atoms with Crippen molar-refractivity contribution in [3.8, 4) is 0 Å². The first-order valence-electron chi connectivity index (χ1n) is 3.95. The summed E-state index contributed by atoms with van der Waals surface area (Å²) in [5.41, 5.74) is -0.588. The number of carbonyl (C=O) groups is 2. The second kappa shape index (κ2) is 3.16. The molecular formula is C8H12N2O3. The third kappa shape index (κ3) is 2.54. The van der Waals surface area contributed by atoms with Gasteiger partial charge < -0.3 is 10.1 Å². The van der Waals surface area contributed by atoms with Crippen LogP contribution in [0.15, 0.2) is 4.99 Å². The molecule has 13 heavy (non-hydrogen) atoms. The van der Waals surface area contributed by atoms with Crippen molar-refractivity contribution in [1.29, 1.82) is 0 Å². The monoisotopic (exact) mass is 184 g/mol. The molecule has 5 heteroatoms. The molecule has 1 aliphatic rings. The molecule has 0 aromatic carbocycles. The minimum absolute atomic E-state index is 0.436. The van der Waals surface area contributed by atoms with Crippen molar-refractivity contribution in [2.45, 2.75) is 32.4 Å². The van der Waals surface area contributed by atoms with Gasteiger partial charge in [-0.3, -0.25) is 9.79 Å². The Kier molecular flexibility index (Phi) is 2.36. The van der Waals surface area contributed by atoms with Gasteiger partial charge in [0.05, 0.1) is 6.34 Å². The topological polar surface area (TPSA) is 67.8 Å². The Hall–Kier alpha value is -1.39. The molecule has 0 radical (unpaired) electrons. The molecule has 1 unspecified atom stereocenters. The van der Waals surface area contributed by atoms with E-state index in [1.807, 2.05) is 0 Å². The lowest BCUT2D eigenvalue weighted by Gasteiger charge is -2.20. The molecule has 1 aliphatic heterocycles. The van der Waals surface area contributed by atoms with Gasteiger partial charge in [0.15, 0.2) is 0 Å². The van der Waals surface area contributed by atoms with Gasteiger partial charge in [-0.25, -0.2) is 4.79 Å². The molecule has 0 aromatic heterocycles. The molecule has 5 nitrogen and oxygen atoms in total. The number of aliphatic imine (C=N–C) groups is 1. The van der Waals surface area contributed by atoms with Gasteiger partial charge in [0.2, 0.25) is 6.04 Å². The molecule has 0 bridgehead atoms. The SMILES string of the molecule is CC(C)(C)OC(=O)C1N=CNC1=O. The predicted octanol–water partition coefficient (Wildman–Crippen LogP) is -0.145. The van der Waals surface area contributed by atoms with E-state index in [0.29, 0.717) is 0 Å². The van der Waals surface area contributed by atoms with Crippen molar-refractivity contribution in [2.24, 2.45) is 4.99 Å². The van der Waals surface area contributed by atoms with Crippen LogP contribution in [0.4, 0.5) is 0 Å². The maximum absolute atomic E-state index is 11.3. The highest BCUT2D eigenvalue weighted by molar-refractivity contribution is 6.09. The molecule has 0 saturated carbocycles. The van der Waals surface area contributed by atoms with Gasteiger partial charge in [-0.15, -0.1) is 0 Å². The van der Waals surface area contributed by atoms with Crippen LogP contribution in [0.1, 0.15) is 20.8 Å². The zero-order valence-electron chi connectivity index (χ0n) is 7.83. The summed E-state index contributed by atoms with van der Waals surface area (Å²) in [6.45, 7) is 5.21. The number of carbonyl (C=O) groups excluding carboxylic acids is 2. The maximum Gasteiger partial charge on any atom is 0.341 e. The molecule has 1 amide bonds. The number of rotatable bonds is 1. The quantitative estimate of drug-likeness (QED) is 0.455. The summed E-state index contributed by atoms with van der Waals surface area (Å²) in [4.78, 5) is 25.9. The first kappa shape index (κ1) is 9.70. The Labute approximate surface area is 76.2 Å². The normalized spacial score (nSPS) is 21.5. The fourth-order valence-corrected chi connectivity index (χ4v) is 0.848. The van der Waals surface area contributed by atoms with E-state index in [2.05, 4.69) is 10.3 Å². The smallest absolute Gasteiger partial charge is 0.341 e. The average molecular weight is 184 g/mol. The number of esters is 1. The van der Waals surface area contributed by atoms with Crippen molar-refractivity contribution in [3.63, 3.8) is 0 Å². The van der Waals surface area contributed by atoms with Crippen molar-refractivity contribution in [1.82, 2.24) is 5.32 Å². The van der Waals surface area contributed by atoms with Crippen LogP contribution in [-0.2, 0) is 14.3 Å². The van der Waals surface area contributed by atoms with E-state index >= 15 is 0 Å². The summed E-state index contributed by atoms with van der Waals surface area (Å²) in [5.74, 6) is -1.05. The minimum atomic E-state index is -1.03. The summed E-state index contributed by atoms with van der Waals surface area (Å²) in [5, 5.41) is 2.30. The summed E-state index contributed by atoms with van der Waals surface area (Å²) in [6.07, 6.45) is 1.21. The first-order chi connectivity index (χ1) is 5.90. The van der Waals surface area contributed by atoms with Gasteiger partial charge in [-0.1, -0.05) is 0 Å². The zero-order valence-corrected chi connectivity index (χ0v) is 7.83. The van der Waals surface area contributed by atoms with Crippen molar-refractivity contribution in [2.75, 3.05) is 0 Å². The molecule has 72 valence electrons. The van der Waals surface area contributed by atoms with Crippen LogP contribution in [0, 0.1) is 0 Å². The maximum atomic E-state index is 11.3. The van der Waals surface area contributed by atoms with Crippen LogP contribution in [0.2, 0.25) is 0 Å². The van der Waals surface area contributed by atoms with E-state index < -0.39 is 23.5 Å². The summed E-state index contributed by atoms with van der Waals surface area (Å²) in [6, 6.07) is -1.03. The lowest BCUT2D eigenvalue weighted by molar-refractivity contribution is -0.157. The van der Waals surface area contributed by atoms with Gasteiger partial charge in [0.25, 0.3) is 5.91 Å². The molecule has 0 aromatic rings. The molecule has 0 spiro atoms. The molecular weight excluding hydrogens is 172 g/mol. The third-order valence-electron chi connectivity index (χ3n) is 1.31. The van der Waals surface area contributed by atoms with Crippen LogP contribution in [0.25, 0.3) is 0 Å². The Morgan fingerprint density at radius 3 is 2.62 bits per heavy atom. The van der Waals surface area contributed by atoms with E-state index in [1.165, 1.54) is 6.34 Å². The first-order valence-corrected chi connectivity index (χ1v) is 3.95. The fourth-order valence-electron chi connectivity index (χ4n) is 0.848. The third-order valence-corrected chi connectivity index (χ3v) is 1.31. The number of hydrogen-bond acceptors (Lipinski definition) is 4. The van der Waals surface area contributed by atoms with E-state index in [0.717, 1.165) is 0 Å². The fraction of sp³-hybridized carbons (Fsp3) is 0.625. The van der Waals surface area contributed by atoms with Gasteiger partial charge in [0, 0.05) is 0 Å².